The van der Waals surface area contributed by atoms with E-state index < -0.39 is 0 Å². The summed E-state index contributed by atoms with van der Waals surface area (Å²) in [6.45, 7) is 4.31. The molecule has 3 nitrogen and oxygen atoms in total. The lowest BCUT2D eigenvalue weighted by Gasteiger charge is -2.24. The molecule has 0 unspecified atom stereocenters. The monoisotopic (exact) mass is 396 g/mol. The van der Waals surface area contributed by atoms with E-state index in [0.29, 0.717) is 6.04 Å². The second kappa shape index (κ2) is 11.4. The summed E-state index contributed by atoms with van der Waals surface area (Å²) >= 11 is 0. The van der Waals surface area contributed by atoms with E-state index in [2.05, 4.69) is 36.2 Å². The van der Waals surface area contributed by atoms with E-state index in [-0.39, 0.29) is 5.69 Å². The van der Waals surface area contributed by atoms with Crippen LogP contribution in [0.1, 0.15) is 108 Å². The second-order valence-electron chi connectivity index (χ2n) is 8.99. The van der Waals surface area contributed by atoms with E-state index in [1.807, 2.05) is 11.5 Å². The zero-order valence-electron chi connectivity index (χ0n) is 18.6. The average Bonchev–Trinajstić information content (AvgIpc) is 3.05. The maximum absolute atomic E-state index is 12.6. The number of nitrogens with one attached hydrogen (secondary N) is 1. The van der Waals surface area contributed by atoms with Crippen LogP contribution in [0.2, 0.25) is 0 Å². The summed E-state index contributed by atoms with van der Waals surface area (Å²) in [6, 6.07) is 9.31. The Kier molecular flexibility index (Phi) is 8.64. The lowest BCUT2D eigenvalue weighted by Crippen LogP contribution is -2.24. The third-order valence-electron chi connectivity index (χ3n) is 6.60. The van der Waals surface area contributed by atoms with Gasteiger partial charge in [-0.05, 0) is 38.2 Å². The van der Waals surface area contributed by atoms with Crippen LogP contribution in [0.25, 0.3) is 11.3 Å². The Bertz CT molecular complexity index is 778. The number of unbranched alkanes of at least 4 members (excludes halogenated alkanes) is 7. The normalized spacial score (nSPS) is 15.1. The molecule has 0 saturated heterocycles. The number of rotatable bonds is 11. The molecule has 1 N–H and O–H groups in total. The highest BCUT2D eigenvalue weighted by Crippen LogP contribution is 2.32. The highest BCUT2D eigenvalue weighted by molar-refractivity contribution is 5.62. The number of aromatic nitrogens is 2. The van der Waals surface area contributed by atoms with Crippen molar-refractivity contribution in [1.82, 2.24) is 9.55 Å². The molecular formula is C26H40N2O. The lowest BCUT2D eigenvalue weighted by molar-refractivity contribution is 0.349. The first-order valence-electron chi connectivity index (χ1n) is 12.1. The van der Waals surface area contributed by atoms with E-state index in [1.165, 1.54) is 81.8 Å². The maximum atomic E-state index is 12.6. The summed E-state index contributed by atoms with van der Waals surface area (Å²) in [5.74, 6) is 0. The largest absolute Gasteiger partial charge is 0.326 e. The zero-order valence-corrected chi connectivity index (χ0v) is 18.6. The molecule has 0 spiro atoms. The highest BCUT2D eigenvalue weighted by Gasteiger charge is 2.22. The fourth-order valence-corrected chi connectivity index (χ4v) is 4.90. The number of H-pyrrole nitrogens is 1. The molecule has 0 radical (unpaired) electrons. The van der Waals surface area contributed by atoms with Crippen molar-refractivity contribution >= 4 is 0 Å². The van der Waals surface area contributed by atoms with Gasteiger partial charge >= 0.3 is 5.69 Å². The van der Waals surface area contributed by atoms with Crippen molar-refractivity contribution in [2.24, 2.45) is 0 Å². The average molecular weight is 397 g/mol. The minimum atomic E-state index is 0.0624. The molecule has 0 aliphatic heterocycles. The van der Waals surface area contributed by atoms with Crippen LogP contribution in [-0.4, -0.2) is 9.55 Å². The van der Waals surface area contributed by atoms with Gasteiger partial charge in [0.1, 0.15) is 0 Å². The number of aromatic amines is 1. The third kappa shape index (κ3) is 6.10. The van der Waals surface area contributed by atoms with Crippen LogP contribution in [0.15, 0.2) is 29.1 Å². The number of imidazole rings is 1. The van der Waals surface area contributed by atoms with Crippen LogP contribution in [0.5, 0.6) is 0 Å². The van der Waals surface area contributed by atoms with E-state index in [1.54, 1.807) is 0 Å². The molecule has 1 aliphatic carbocycles. The summed E-state index contributed by atoms with van der Waals surface area (Å²) in [5.41, 5.74) is 4.75. The van der Waals surface area contributed by atoms with Crippen LogP contribution >= 0.6 is 0 Å². The predicted molar refractivity (Wildman–Crippen MR) is 124 cm³/mol. The summed E-state index contributed by atoms with van der Waals surface area (Å²) in [7, 11) is 0. The van der Waals surface area contributed by atoms with Gasteiger partial charge in [-0.15, -0.1) is 0 Å². The van der Waals surface area contributed by atoms with Crippen molar-refractivity contribution in [2.45, 2.75) is 110 Å². The molecule has 1 aliphatic rings. The molecule has 0 atom stereocenters. The quantitative estimate of drug-likeness (QED) is 0.396. The number of hydrogen-bond donors (Lipinski definition) is 1. The smallest absolute Gasteiger partial charge is 0.309 e. The fourth-order valence-electron chi connectivity index (χ4n) is 4.90. The molecule has 1 aromatic carbocycles. The Labute approximate surface area is 176 Å². The first-order valence-corrected chi connectivity index (χ1v) is 12.1. The Morgan fingerprint density at radius 1 is 0.897 bits per heavy atom. The lowest BCUT2D eigenvalue weighted by atomic mass is 9.94. The molecule has 2 aromatic rings. The van der Waals surface area contributed by atoms with Gasteiger partial charge in [-0.2, -0.15) is 0 Å². The van der Waals surface area contributed by atoms with Crippen LogP contribution < -0.4 is 5.69 Å². The molecule has 1 heterocycles. The summed E-state index contributed by atoms with van der Waals surface area (Å²) < 4.78 is 2.04. The molecule has 0 bridgehead atoms. The van der Waals surface area contributed by atoms with Gasteiger partial charge in [0.25, 0.3) is 0 Å². The number of benzene rings is 1. The Morgan fingerprint density at radius 3 is 2.17 bits per heavy atom. The van der Waals surface area contributed by atoms with E-state index in [0.717, 1.165) is 30.7 Å². The third-order valence-corrected chi connectivity index (χ3v) is 6.60. The van der Waals surface area contributed by atoms with Crippen LogP contribution in [0, 0.1) is 6.92 Å². The highest BCUT2D eigenvalue weighted by atomic mass is 16.1. The fraction of sp³-hybridized carbons (Fsp3) is 0.654. The standard InChI is InChI=1S/C26H40N2O/c1-3-4-5-6-7-8-9-11-14-22-17-19-23(20-18-22)25-21(2)27-26(29)28(25)24-15-12-10-13-16-24/h17-20,24H,3-16H2,1-2H3,(H,27,29). The van der Waals surface area contributed by atoms with Crippen molar-refractivity contribution in [3.8, 4) is 11.3 Å². The minimum absolute atomic E-state index is 0.0624. The van der Waals surface area contributed by atoms with E-state index in [9.17, 15) is 4.79 Å². The van der Waals surface area contributed by atoms with Gasteiger partial charge in [0.05, 0.1) is 5.69 Å². The number of nitrogens with zero attached hydrogens (tertiary/aromatic N) is 1. The predicted octanol–water partition coefficient (Wildman–Crippen LogP) is 7.34. The molecule has 1 aromatic heterocycles. The SMILES string of the molecule is CCCCCCCCCCc1ccc(-c2c(C)[nH]c(=O)n2C2CCCCC2)cc1. The van der Waals surface area contributed by atoms with Crippen molar-refractivity contribution in [1.29, 1.82) is 0 Å². The van der Waals surface area contributed by atoms with Gasteiger partial charge in [-0.3, -0.25) is 4.57 Å². The van der Waals surface area contributed by atoms with Gasteiger partial charge in [0, 0.05) is 17.3 Å². The Balaban J connectivity index is 1.56. The zero-order chi connectivity index (χ0) is 20.5. The molecular weight excluding hydrogens is 356 g/mol. The molecule has 0 amide bonds. The second-order valence-corrected chi connectivity index (χ2v) is 8.99. The topological polar surface area (TPSA) is 37.8 Å². The van der Waals surface area contributed by atoms with Crippen molar-refractivity contribution in [2.75, 3.05) is 0 Å². The van der Waals surface area contributed by atoms with E-state index in [4.69, 9.17) is 0 Å². The summed E-state index contributed by atoms with van der Waals surface area (Å²) in [4.78, 5) is 15.7. The molecule has 3 heteroatoms. The number of aryl methyl sites for hydroxylation is 2. The first kappa shape index (κ1) is 21.9. The number of hydrogen-bond acceptors (Lipinski definition) is 1. The molecule has 3 rings (SSSR count). The minimum Gasteiger partial charge on any atom is -0.309 e. The Hall–Kier alpha value is -1.77. The molecule has 1 fully saturated rings. The van der Waals surface area contributed by atoms with Gasteiger partial charge in [0.15, 0.2) is 0 Å². The van der Waals surface area contributed by atoms with Gasteiger partial charge < -0.3 is 4.98 Å². The van der Waals surface area contributed by atoms with Gasteiger partial charge in [-0.1, -0.05) is 95.4 Å². The molecule has 160 valence electrons. The summed E-state index contributed by atoms with van der Waals surface area (Å²) in [6.07, 6.45) is 18.1. The van der Waals surface area contributed by atoms with Gasteiger partial charge in [-0.25, -0.2) is 4.79 Å². The van der Waals surface area contributed by atoms with Crippen molar-refractivity contribution < 1.29 is 0 Å². The molecule has 1 saturated carbocycles. The van der Waals surface area contributed by atoms with Crippen molar-refractivity contribution in [3.63, 3.8) is 0 Å². The first-order chi connectivity index (χ1) is 14.2. The van der Waals surface area contributed by atoms with Gasteiger partial charge in [0.2, 0.25) is 0 Å². The van der Waals surface area contributed by atoms with Crippen LogP contribution in [0.3, 0.4) is 0 Å². The molecule has 29 heavy (non-hydrogen) atoms. The van der Waals surface area contributed by atoms with Crippen LogP contribution in [0.4, 0.5) is 0 Å². The van der Waals surface area contributed by atoms with Crippen molar-refractivity contribution in [3.05, 3.63) is 46.0 Å². The van der Waals surface area contributed by atoms with Crippen LogP contribution in [-0.2, 0) is 6.42 Å². The van der Waals surface area contributed by atoms with E-state index >= 15 is 0 Å². The Morgan fingerprint density at radius 2 is 1.52 bits per heavy atom. The maximum Gasteiger partial charge on any atom is 0.326 e. The summed E-state index contributed by atoms with van der Waals surface area (Å²) in [5, 5.41) is 0.